The summed E-state index contributed by atoms with van der Waals surface area (Å²) in [5, 5.41) is 3.46. The number of rotatable bonds is 6. The van der Waals surface area contributed by atoms with Gasteiger partial charge in [0.25, 0.3) is 15.9 Å². The van der Waals surface area contributed by atoms with Gasteiger partial charge in [0.15, 0.2) is 0 Å². The molecule has 0 aromatic heterocycles. The predicted octanol–water partition coefficient (Wildman–Crippen LogP) is 5.10. The number of hydrogen-bond donors (Lipinski definition) is 2. The molecule has 0 aliphatic heterocycles. The fraction of sp³-hybridized carbons (Fsp3) is 0.350. The number of nitrogens with one attached hydrogen (secondary N) is 2. The summed E-state index contributed by atoms with van der Waals surface area (Å²) in [6.07, 6.45) is 5.88. The number of amides is 1. The average Bonchev–Trinajstić information content (AvgIpc) is 2.69. The number of anilines is 1. The Kier molecular flexibility index (Phi) is 6.86. The second-order valence-electron chi connectivity index (χ2n) is 6.97. The summed E-state index contributed by atoms with van der Waals surface area (Å²) in [5.41, 5.74) is 0.615. The van der Waals surface area contributed by atoms with Crippen molar-refractivity contribution in [1.82, 2.24) is 5.32 Å². The van der Waals surface area contributed by atoms with Gasteiger partial charge in [-0.15, -0.1) is 0 Å². The van der Waals surface area contributed by atoms with Crippen molar-refractivity contribution in [1.29, 1.82) is 0 Å². The van der Waals surface area contributed by atoms with E-state index >= 15 is 0 Å². The zero-order valence-corrected chi connectivity index (χ0v) is 17.6. The summed E-state index contributed by atoms with van der Waals surface area (Å²) < 4.78 is 27.9. The molecule has 1 amide bonds. The molecular formula is C20H22Cl2N2O3S. The van der Waals surface area contributed by atoms with E-state index in [1.54, 1.807) is 24.3 Å². The molecular weight excluding hydrogens is 419 g/mol. The van der Waals surface area contributed by atoms with Crippen LogP contribution in [-0.4, -0.2) is 20.9 Å². The second kappa shape index (κ2) is 9.16. The number of halogens is 2. The first-order valence-corrected chi connectivity index (χ1v) is 11.5. The highest BCUT2D eigenvalue weighted by molar-refractivity contribution is 7.92. The van der Waals surface area contributed by atoms with E-state index in [0.717, 1.165) is 12.8 Å². The lowest BCUT2D eigenvalue weighted by molar-refractivity contribution is 0.0943. The minimum absolute atomic E-state index is 0.0466. The Balaban J connectivity index is 1.74. The summed E-state index contributed by atoms with van der Waals surface area (Å²) in [6, 6.07) is 10.5. The highest BCUT2D eigenvalue weighted by Gasteiger charge is 2.21. The number of hydrogen-bond acceptors (Lipinski definition) is 3. The second-order valence-corrected chi connectivity index (χ2v) is 9.47. The molecule has 1 saturated carbocycles. The molecule has 28 heavy (non-hydrogen) atoms. The largest absolute Gasteiger partial charge is 0.352 e. The van der Waals surface area contributed by atoms with Crippen molar-refractivity contribution in [3.63, 3.8) is 0 Å². The first-order valence-electron chi connectivity index (χ1n) is 9.21. The molecule has 2 aromatic carbocycles. The maximum atomic E-state index is 12.7. The molecule has 0 heterocycles. The van der Waals surface area contributed by atoms with Gasteiger partial charge in [-0.2, -0.15) is 0 Å². The van der Waals surface area contributed by atoms with E-state index < -0.39 is 10.0 Å². The topological polar surface area (TPSA) is 75.3 Å². The Labute approximate surface area is 175 Å². The number of carbonyl (C=O) groups is 1. The van der Waals surface area contributed by atoms with Crippen LogP contribution in [0.25, 0.3) is 0 Å². The van der Waals surface area contributed by atoms with Gasteiger partial charge >= 0.3 is 0 Å². The number of sulfonamides is 1. The van der Waals surface area contributed by atoms with Crippen LogP contribution in [0.4, 0.5) is 5.69 Å². The third-order valence-electron chi connectivity index (χ3n) is 4.86. The molecule has 0 spiro atoms. The molecule has 0 atom stereocenters. The molecule has 0 unspecified atom stereocenters. The van der Waals surface area contributed by atoms with E-state index in [9.17, 15) is 13.2 Å². The first-order chi connectivity index (χ1) is 13.3. The van der Waals surface area contributed by atoms with Crippen LogP contribution in [0.5, 0.6) is 0 Å². The van der Waals surface area contributed by atoms with E-state index in [1.807, 2.05) is 0 Å². The average molecular weight is 441 g/mol. The Bertz CT molecular complexity index is 940. The molecule has 3 rings (SSSR count). The maximum absolute atomic E-state index is 12.7. The Morgan fingerprint density at radius 2 is 1.68 bits per heavy atom. The van der Waals surface area contributed by atoms with Crippen molar-refractivity contribution in [2.24, 2.45) is 5.92 Å². The van der Waals surface area contributed by atoms with Crippen molar-refractivity contribution in [3.05, 3.63) is 58.1 Å². The Hall–Kier alpha value is -1.76. The first kappa shape index (κ1) is 21.0. The summed E-state index contributed by atoms with van der Waals surface area (Å²) >= 11 is 11.9. The highest BCUT2D eigenvalue weighted by atomic mass is 35.5. The smallest absolute Gasteiger partial charge is 0.263 e. The fourth-order valence-electron chi connectivity index (χ4n) is 3.31. The monoisotopic (exact) mass is 440 g/mol. The van der Waals surface area contributed by atoms with Gasteiger partial charge in [-0.25, -0.2) is 8.42 Å². The summed E-state index contributed by atoms with van der Waals surface area (Å²) in [6.45, 7) is 0.604. The minimum Gasteiger partial charge on any atom is -0.352 e. The third kappa shape index (κ3) is 5.40. The third-order valence-corrected chi connectivity index (χ3v) is 6.97. The van der Waals surface area contributed by atoms with Crippen LogP contribution < -0.4 is 10.0 Å². The normalized spacial score (nSPS) is 15.2. The van der Waals surface area contributed by atoms with Gasteiger partial charge in [0.1, 0.15) is 4.90 Å². The molecule has 1 aliphatic carbocycles. The van der Waals surface area contributed by atoms with Crippen LogP contribution >= 0.6 is 23.2 Å². The van der Waals surface area contributed by atoms with Crippen LogP contribution in [0.2, 0.25) is 10.0 Å². The van der Waals surface area contributed by atoms with Crippen molar-refractivity contribution < 1.29 is 13.2 Å². The van der Waals surface area contributed by atoms with Gasteiger partial charge in [-0.1, -0.05) is 42.5 Å². The van der Waals surface area contributed by atoms with Crippen molar-refractivity contribution >= 4 is 44.8 Å². The molecule has 0 radical (unpaired) electrons. The van der Waals surface area contributed by atoms with E-state index in [-0.39, 0.29) is 21.4 Å². The molecule has 5 nitrogen and oxygen atoms in total. The van der Waals surface area contributed by atoms with Crippen LogP contribution in [0, 0.1) is 5.92 Å². The molecule has 0 bridgehead atoms. The van der Waals surface area contributed by atoms with E-state index in [4.69, 9.17) is 23.2 Å². The quantitative estimate of drug-likeness (QED) is 0.655. The zero-order chi connectivity index (χ0) is 20.1. The lowest BCUT2D eigenvalue weighted by Gasteiger charge is -2.21. The predicted molar refractivity (Wildman–Crippen MR) is 113 cm³/mol. The van der Waals surface area contributed by atoms with E-state index in [2.05, 4.69) is 10.0 Å². The minimum atomic E-state index is -3.95. The van der Waals surface area contributed by atoms with Gasteiger partial charge in [0, 0.05) is 22.8 Å². The fourth-order valence-corrected chi connectivity index (χ4v) is 5.02. The molecule has 2 aromatic rings. The van der Waals surface area contributed by atoms with E-state index in [1.165, 1.54) is 37.5 Å². The Morgan fingerprint density at radius 1 is 1.00 bits per heavy atom. The van der Waals surface area contributed by atoms with E-state index in [0.29, 0.717) is 23.2 Å². The molecule has 8 heteroatoms. The lowest BCUT2D eigenvalue weighted by atomic mass is 9.89. The van der Waals surface area contributed by atoms with Gasteiger partial charge in [0.2, 0.25) is 0 Å². The molecule has 2 N–H and O–H groups in total. The SMILES string of the molecule is O=C(NCC1CCCCC1)c1ccc(Cl)c(S(=O)(=O)Nc2ccc(Cl)cc2)c1. The van der Waals surface area contributed by atoms with Gasteiger partial charge in [-0.05, 0) is 61.2 Å². The molecule has 150 valence electrons. The van der Waals surface area contributed by atoms with Crippen molar-refractivity contribution in [3.8, 4) is 0 Å². The standard InChI is InChI=1S/C20H22Cl2N2O3S/c21-16-7-9-17(10-8-16)24-28(26,27)19-12-15(6-11-18(19)22)20(25)23-13-14-4-2-1-3-5-14/h6-12,14,24H,1-5,13H2,(H,23,25). The van der Waals surface area contributed by atoms with Crippen LogP contribution in [-0.2, 0) is 10.0 Å². The van der Waals surface area contributed by atoms with Crippen LogP contribution in [0.15, 0.2) is 47.4 Å². The maximum Gasteiger partial charge on any atom is 0.263 e. The summed E-state index contributed by atoms with van der Waals surface area (Å²) in [4.78, 5) is 12.3. The molecule has 0 saturated heterocycles. The Morgan fingerprint density at radius 3 is 2.36 bits per heavy atom. The molecule has 1 fully saturated rings. The number of carbonyl (C=O) groups excluding carboxylic acids is 1. The van der Waals surface area contributed by atoms with Gasteiger partial charge < -0.3 is 5.32 Å². The summed E-state index contributed by atoms with van der Waals surface area (Å²) in [5.74, 6) is 0.185. The summed E-state index contributed by atoms with van der Waals surface area (Å²) in [7, 11) is -3.95. The van der Waals surface area contributed by atoms with Gasteiger partial charge in [0.05, 0.1) is 5.02 Å². The highest BCUT2D eigenvalue weighted by Crippen LogP contribution is 2.26. The number of benzene rings is 2. The van der Waals surface area contributed by atoms with Crippen LogP contribution in [0.1, 0.15) is 42.5 Å². The van der Waals surface area contributed by atoms with Crippen molar-refractivity contribution in [2.45, 2.75) is 37.0 Å². The van der Waals surface area contributed by atoms with Crippen molar-refractivity contribution in [2.75, 3.05) is 11.3 Å². The molecule has 1 aliphatic rings. The van der Waals surface area contributed by atoms with Crippen LogP contribution in [0.3, 0.4) is 0 Å². The van der Waals surface area contributed by atoms with Gasteiger partial charge in [-0.3, -0.25) is 9.52 Å². The zero-order valence-electron chi connectivity index (χ0n) is 15.3. The lowest BCUT2D eigenvalue weighted by Crippen LogP contribution is -2.30.